The molecule has 0 radical (unpaired) electrons. The quantitative estimate of drug-likeness (QED) is 0.856. The molecule has 1 amide bonds. The standard InChI is InChI=1S/C19H24N2O3S/c1-5-21(6-2)25(23,24)18-11-9-17(10-12-18)20-19(22)16-8-7-14(3)15(4)13-16/h7-13H,5-6H2,1-4H3,(H,20,22). The Morgan fingerprint density at radius 1 is 0.960 bits per heavy atom. The molecule has 5 nitrogen and oxygen atoms in total. The van der Waals surface area contributed by atoms with Gasteiger partial charge in [0.25, 0.3) is 5.91 Å². The van der Waals surface area contributed by atoms with E-state index in [-0.39, 0.29) is 10.8 Å². The smallest absolute Gasteiger partial charge is 0.255 e. The first-order valence-electron chi connectivity index (χ1n) is 8.28. The Labute approximate surface area is 149 Å². The molecule has 0 saturated heterocycles. The summed E-state index contributed by atoms with van der Waals surface area (Å²) < 4.78 is 26.3. The molecule has 0 aromatic heterocycles. The lowest BCUT2D eigenvalue weighted by Crippen LogP contribution is -2.30. The number of carbonyl (C=O) groups excluding carboxylic acids is 1. The summed E-state index contributed by atoms with van der Waals surface area (Å²) in [4.78, 5) is 12.5. The molecule has 0 unspecified atom stereocenters. The van der Waals surface area contributed by atoms with Gasteiger partial charge in [0.15, 0.2) is 0 Å². The molecule has 0 bridgehead atoms. The van der Waals surface area contributed by atoms with E-state index in [0.717, 1.165) is 11.1 Å². The number of amides is 1. The summed E-state index contributed by atoms with van der Waals surface area (Å²) in [5, 5.41) is 2.79. The summed E-state index contributed by atoms with van der Waals surface area (Å²) in [6.07, 6.45) is 0. The summed E-state index contributed by atoms with van der Waals surface area (Å²) >= 11 is 0. The Morgan fingerprint density at radius 2 is 1.56 bits per heavy atom. The highest BCUT2D eigenvalue weighted by Gasteiger charge is 2.21. The second kappa shape index (κ2) is 7.80. The van der Waals surface area contributed by atoms with Crippen LogP contribution in [0.2, 0.25) is 0 Å². The first-order valence-corrected chi connectivity index (χ1v) is 9.72. The molecule has 0 heterocycles. The van der Waals surface area contributed by atoms with Crippen LogP contribution < -0.4 is 5.32 Å². The van der Waals surface area contributed by atoms with Crippen molar-refractivity contribution in [3.05, 3.63) is 59.2 Å². The molecule has 0 spiro atoms. The van der Waals surface area contributed by atoms with Crippen molar-refractivity contribution in [3.8, 4) is 0 Å². The molecule has 134 valence electrons. The topological polar surface area (TPSA) is 66.5 Å². The average molecular weight is 360 g/mol. The van der Waals surface area contributed by atoms with Crippen molar-refractivity contribution in [3.63, 3.8) is 0 Å². The molecule has 0 fully saturated rings. The van der Waals surface area contributed by atoms with Gasteiger partial charge in [-0.25, -0.2) is 8.42 Å². The van der Waals surface area contributed by atoms with Crippen LogP contribution in [-0.4, -0.2) is 31.7 Å². The van der Waals surface area contributed by atoms with Crippen LogP contribution in [0.1, 0.15) is 35.3 Å². The van der Waals surface area contributed by atoms with Gasteiger partial charge < -0.3 is 5.32 Å². The Morgan fingerprint density at radius 3 is 2.08 bits per heavy atom. The average Bonchev–Trinajstić information content (AvgIpc) is 2.58. The third-order valence-electron chi connectivity index (χ3n) is 4.22. The van der Waals surface area contributed by atoms with E-state index >= 15 is 0 Å². The highest BCUT2D eigenvalue weighted by atomic mass is 32.2. The molecular formula is C19H24N2O3S. The van der Waals surface area contributed by atoms with Crippen molar-refractivity contribution in [2.24, 2.45) is 0 Å². The first kappa shape index (κ1) is 19.1. The minimum absolute atomic E-state index is 0.220. The van der Waals surface area contributed by atoms with E-state index in [1.807, 2.05) is 26.0 Å². The summed E-state index contributed by atoms with van der Waals surface area (Å²) in [6, 6.07) is 11.8. The second-order valence-corrected chi connectivity index (χ2v) is 7.80. The van der Waals surface area contributed by atoms with Gasteiger partial charge in [-0.3, -0.25) is 4.79 Å². The normalized spacial score (nSPS) is 11.6. The molecule has 2 aromatic rings. The SMILES string of the molecule is CCN(CC)S(=O)(=O)c1ccc(NC(=O)c2ccc(C)c(C)c2)cc1. The Kier molecular flexibility index (Phi) is 5.98. The number of hydrogen-bond donors (Lipinski definition) is 1. The second-order valence-electron chi connectivity index (χ2n) is 5.87. The summed E-state index contributed by atoms with van der Waals surface area (Å²) in [6.45, 7) is 8.40. The van der Waals surface area contributed by atoms with Gasteiger partial charge in [0.1, 0.15) is 0 Å². The van der Waals surface area contributed by atoms with E-state index in [9.17, 15) is 13.2 Å². The van der Waals surface area contributed by atoms with Crippen LogP contribution in [-0.2, 0) is 10.0 Å². The van der Waals surface area contributed by atoms with Gasteiger partial charge in [0.2, 0.25) is 10.0 Å². The summed E-state index contributed by atoms with van der Waals surface area (Å²) in [5.74, 6) is -0.220. The monoisotopic (exact) mass is 360 g/mol. The fourth-order valence-corrected chi connectivity index (χ4v) is 3.97. The van der Waals surface area contributed by atoms with E-state index in [4.69, 9.17) is 0 Å². The van der Waals surface area contributed by atoms with E-state index in [1.54, 1.807) is 32.0 Å². The number of nitrogens with one attached hydrogen (secondary N) is 1. The predicted molar refractivity (Wildman–Crippen MR) is 100 cm³/mol. The Balaban J connectivity index is 2.17. The third-order valence-corrected chi connectivity index (χ3v) is 6.29. The van der Waals surface area contributed by atoms with Crippen LogP contribution in [0.3, 0.4) is 0 Å². The van der Waals surface area contributed by atoms with Crippen LogP contribution >= 0.6 is 0 Å². The zero-order chi connectivity index (χ0) is 18.6. The maximum absolute atomic E-state index is 12.5. The molecule has 0 atom stereocenters. The fourth-order valence-electron chi connectivity index (χ4n) is 2.51. The van der Waals surface area contributed by atoms with Crippen LogP contribution in [0.5, 0.6) is 0 Å². The molecule has 1 N–H and O–H groups in total. The van der Waals surface area contributed by atoms with Gasteiger partial charge in [0, 0.05) is 24.3 Å². The van der Waals surface area contributed by atoms with E-state index < -0.39 is 10.0 Å². The van der Waals surface area contributed by atoms with Crippen LogP contribution in [0.15, 0.2) is 47.4 Å². The van der Waals surface area contributed by atoms with Gasteiger partial charge in [-0.1, -0.05) is 19.9 Å². The van der Waals surface area contributed by atoms with Gasteiger partial charge in [-0.2, -0.15) is 4.31 Å². The van der Waals surface area contributed by atoms with Gasteiger partial charge >= 0.3 is 0 Å². The van der Waals surface area contributed by atoms with Crippen molar-refractivity contribution in [1.82, 2.24) is 4.31 Å². The summed E-state index contributed by atoms with van der Waals surface area (Å²) in [7, 11) is -3.49. The predicted octanol–water partition coefficient (Wildman–Crippen LogP) is 3.59. The molecule has 2 rings (SSSR count). The lowest BCUT2D eigenvalue weighted by molar-refractivity contribution is 0.102. The molecule has 0 aliphatic rings. The molecule has 6 heteroatoms. The third kappa shape index (κ3) is 4.27. The molecular weight excluding hydrogens is 336 g/mol. The van der Waals surface area contributed by atoms with E-state index in [1.165, 1.54) is 16.4 Å². The van der Waals surface area contributed by atoms with Gasteiger partial charge in [-0.05, 0) is 61.4 Å². The van der Waals surface area contributed by atoms with Crippen molar-refractivity contribution in [2.75, 3.05) is 18.4 Å². The van der Waals surface area contributed by atoms with Crippen LogP contribution in [0.4, 0.5) is 5.69 Å². The van der Waals surface area contributed by atoms with Crippen molar-refractivity contribution in [2.45, 2.75) is 32.6 Å². The maximum Gasteiger partial charge on any atom is 0.255 e. The maximum atomic E-state index is 12.5. The number of carbonyl (C=O) groups is 1. The molecule has 0 aliphatic heterocycles. The number of anilines is 1. The molecule has 25 heavy (non-hydrogen) atoms. The number of rotatable bonds is 6. The van der Waals surface area contributed by atoms with Gasteiger partial charge in [0.05, 0.1) is 4.90 Å². The highest BCUT2D eigenvalue weighted by Crippen LogP contribution is 2.19. The Bertz CT molecular complexity index is 855. The zero-order valence-corrected chi connectivity index (χ0v) is 15.9. The number of benzene rings is 2. The fraction of sp³-hybridized carbons (Fsp3) is 0.316. The molecule has 0 aliphatic carbocycles. The zero-order valence-electron chi connectivity index (χ0n) is 15.0. The summed E-state index contributed by atoms with van der Waals surface area (Å²) in [5.41, 5.74) is 3.31. The minimum Gasteiger partial charge on any atom is -0.322 e. The van der Waals surface area contributed by atoms with Crippen molar-refractivity contribution < 1.29 is 13.2 Å². The van der Waals surface area contributed by atoms with E-state index in [2.05, 4.69) is 5.32 Å². The van der Waals surface area contributed by atoms with E-state index in [0.29, 0.717) is 24.3 Å². The Hall–Kier alpha value is -2.18. The largest absolute Gasteiger partial charge is 0.322 e. The van der Waals surface area contributed by atoms with Crippen LogP contribution in [0.25, 0.3) is 0 Å². The van der Waals surface area contributed by atoms with Gasteiger partial charge in [-0.15, -0.1) is 0 Å². The molecule has 0 saturated carbocycles. The minimum atomic E-state index is -3.49. The van der Waals surface area contributed by atoms with Crippen molar-refractivity contribution in [1.29, 1.82) is 0 Å². The lowest BCUT2D eigenvalue weighted by atomic mass is 10.1. The highest BCUT2D eigenvalue weighted by molar-refractivity contribution is 7.89. The number of hydrogen-bond acceptors (Lipinski definition) is 3. The lowest BCUT2D eigenvalue weighted by Gasteiger charge is -2.18. The molecule has 2 aromatic carbocycles. The first-order chi connectivity index (χ1) is 11.8. The van der Waals surface area contributed by atoms with Crippen LogP contribution in [0, 0.1) is 13.8 Å². The number of sulfonamides is 1. The van der Waals surface area contributed by atoms with Crippen molar-refractivity contribution >= 4 is 21.6 Å². The number of nitrogens with zero attached hydrogens (tertiary/aromatic N) is 1. The number of aryl methyl sites for hydroxylation is 2.